The first-order valence-electron chi connectivity index (χ1n) is 9.88. The van der Waals surface area contributed by atoms with Crippen LogP contribution in [0.5, 0.6) is 0 Å². The summed E-state index contributed by atoms with van der Waals surface area (Å²) in [6.45, 7) is 2.63. The molecule has 0 saturated heterocycles. The Hall–Kier alpha value is -2.94. The Bertz CT molecular complexity index is 969. The number of nitrogens with zero attached hydrogens (tertiary/aromatic N) is 1. The van der Waals surface area contributed by atoms with E-state index in [-0.39, 0.29) is 17.6 Å². The number of benzene rings is 3. The van der Waals surface area contributed by atoms with Crippen LogP contribution in [0.2, 0.25) is 0 Å². The van der Waals surface area contributed by atoms with Gasteiger partial charge >= 0.3 is 0 Å². The van der Waals surface area contributed by atoms with Crippen molar-refractivity contribution in [2.24, 2.45) is 0 Å². The minimum atomic E-state index is -0.392. The van der Waals surface area contributed by atoms with Gasteiger partial charge in [-0.3, -0.25) is 4.79 Å². The Morgan fingerprint density at radius 2 is 1.61 bits per heavy atom. The van der Waals surface area contributed by atoms with Gasteiger partial charge in [-0.25, -0.2) is 4.39 Å². The summed E-state index contributed by atoms with van der Waals surface area (Å²) in [6.07, 6.45) is 1.50. The van der Waals surface area contributed by atoms with Gasteiger partial charge in [-0.1, -0.05) is 79.7 Å². The van der Waals surface area contributed by atoms with E-state index in [9.17, 15) is 9.18 Å². The molecule has 1 aliphatic rings. The quantitative estimate of drug-likeness (QED) is 0.592. The van der Waals surface area contributed by atoms with Gasteiger partial charge in [0.1, 0.15) is 5.82 Å². The summed E-state index contributed by atoms with van der Waals surface area (Å²) in [6, 6.07) is 24.4. The summed E-state index contributed by atoms with van der Waals surface area (Å²) in [4.78, 5) is 15.5. The van der Waals surface area contributed by atoms with Gasteiger partial charge in [-0.05, 0) is 35.6 Å². The van der Waals surface area contributed by atoms with E-state index in [4.69, 9.17) is 0 Å². The van der Waals surface area contributed by atoms with Crippen LogP contribution < -0.4 is 0 Å². The fraction of sp³-hybridized carbons (Fsp3) is 0.240. The van der Waals surface area contributed by atoms with E-state index < -0.39 is 6.04 Å². The van der Waals surface area contributed by atoms with Gasteiger partial charge in [0.15, 0.2) is 0 Å². The van der Waals surface area contributed by atoms with Crippen molar-refractivity contribution < 1.29 is 9.18 Å². The first-order chi connectivity index (χ1) is 13.7. The van der Waals surface area contributed by atoms with Crippen LogP contribution in [-0.2, 0) is 11.2 Å². The second-order valence-electron chi connectivity index (χ2n) is 7.28. The minimum absolute atomic E-state index is 0.0662. The number of hydrogen-bond donors (Lipinski definition) is 0. The highest BCUT2D eigenvalue weighted by atomic mass is 19.1. The van der Waals surface area contributed by atoms with Crippen molar-refractivity contribution in [1.82, 2.24) is 4.90 Å². The summed E-state index contributed by atoms with van der Waals surface area (Å²) >= 11 is 0. The molecule has 0 radical (unpaired) electrons. The van der Waals surface area contributed by atoms with Gasteiger partial charge in [0.05, 0.1) is 12.0 Å². The highest BCUT2D eigenvalue weighted by Crippen LogP contribution is 2.38. The number of carbonyl (C=O) groups excluding carboxylic acids is 1. The lowest BCUT2D eigenvalue weighted by molar-refractivity contribution is -0.135. The number of hydrogen-bond acceptors (Lipinski definition) is 1. The van der Waals surface area contributed by atoms with Crippen LogP contribution in [0.15, 0.2) is 78.9 Å². The lowest BCUT2D eigenvalue weighted by Gasteiger charge is -2.39. The Kier molecular flexibility index (Phi) is 5.25. The van der Waals surface area contributed by atoms with Gasteiger partial charge in [0, 0.05) is 12.1 Å². The third-order valence-electron chi connectivity index (χ3n) is 5.67. The number of carbonyl (C=O) groups is 1. The summed E-state index contributed by atoms with van der Waals surface area (Å²) < 4.78 is 14.8. The predicted octanol–water partition coefficient (Wildman–Crippen LogP) is 5.49. The smallest absolute Gasteiger partial charge is 0.230 e. The first-order valence-corrected chi connectivity index (χ1v) is 9.88. The van der Waals surface area contributed by atoms with E-state index in [1.807, 2.05) is 66.4 Å². The third kappa shape index (κ3) is 3.33. The maximum atomic E-state index is 14.8. The van der Waals surface area contributed by atoms with E-state index in [1.54, 1.807) is 12.1 Å². The molecule has 1 aliphatic heterocycles. The molecule has 3 heteroatoms. The monoisotopic (exact) mass is 373 g/mol. The van der Waals surface area contributed by atoms with E-state index >= 15 is 0 Å². The van der Waals surface area contributed by atoms with E-state index in [0.29, 0.717) is 18.5 Å². The SMILES string of the molecule is CCC(C(=O)N1CCc2ccccc2C1c1ccccc1F)c1ccccc1. The Labute approximate surface area is 165 Å². The Morgan fingerprint density at radius 1 is 0.964 bits per heavy atom. The minimum Gasteiger partial charge on any atom is -0.331 e. The molecule has 2 unspecified atom stereocenters. The van der Waals surface area contributed by atoms with Gasteiger partial charge in [0.2, 0.25) is 5.91 Å². The van der Waals surface area contributed by atoms with Crippen molar-refractivity contribution in [3.63, 3.8) is 0 Å². The normalized spacial score (nSPS) is 17.1. The third-order valence-corrected chi connectivity index (χ3v) is 5.67. The van der Waals surface area contributed by atoms with Crippen LogP contribution in [0.25, 0.3) is 0 Å². The molecule has 0 spiro atoms. The molecule has 0 aromatic heterocycles. The van der Waals surface area contributed by atoms with Crippen LogP contribution in [0.1, 0.15) is 47.6 Å². The molecule has 3 aromatic carbocycles. The predicted molar refractivity (Wildman–Crippen MR) is 110 cm³/mol. The molecular formula is C25H24FNO. The molecule has 0 fully saturated rings. The summed E-state index contributed by atoms with van der Waals surface area (Å²) in [5.41, 5.74) is 3.79. The highest BCUT2D eigenvalue weighted by molar-refractivity contribution is 5.85. The molecule has 1 heterocycles. The molecular weight excluding hydrogens is 349 g/mol. The standard InChI is InChI=1S/C25H24FNO/c1-2-20(18-10-4-3-5-11-18)25(28)27-17-16-19-12-6-7-13-21(19)24(27)22-14-8-9-15-23(22)26/h3-15,20,24H,2,16-17H2,1H3. The Morgan fingerprint density at radius 3 is 2.32 bits per heavy atom. The molecule has 4 rings (SSSR count). The van der Waals surface area contributed by atoms with E-state index in [0.717, 1.165) is 17.5 Å². The average Bonchev–Trinajstić information content (AvgIpc) is 2.74. The topological polar surface area (TPSA) is 20.3 Å². The molecule has 1 amide bonds. The van der Waals surface area contributed by atoms with Crippen LogP contribution in [0.4, 0.5) is 4.39 Å². The summed E-state index contributed by atoms with van der Waals surface area (Å²) in [5.74, 6) is -0.424. The summed E-state index contributed by atoms with van der Waals surface area (Å²) in [7, 11) is 0. The lowest BCUT2D eigenvalue weighted by atomic mass is 9.86. The van der Waals surface area contributed by atoms with Gasteiger partial charge in [0.25, 0.3) is 0 Å². The highest BCUT2D eigenvalue weighted by Gasteiger charge is 2.36. The largest absolute Gasteiger partial charge is 0.331 e. The van der Waals surface area contributed by atoms with Gasteiger partial charge in [-0.2, -0.15) is 0 Å². The maximum Gasteiger partial charge on any atom is 0.230 e. The number of fused-ring (bicyclic) bond motifs is 1. The van der Waals surface area contributed by atoms with Crippen molar-refractivity contribution in [1.29, 1.82) is 0 Å². The molecule has 0 aliphatic carbocycles. The van der Waals surface area contributed by atoms with Crippen molar-refractivity contribution in [3.05, 3.63) is 107 Å². The second kappa shape index (κ2) is 7.97. The molecule has 142 valence electrons. The molecule has 0 saturated carbocycles. The second-order valence-corrected chi connectivity index (χ2v) is 7.28. The van der Waals surface area contributed by atoms with E-state index in [1.165, 1.54) is 11.6 Å². The van der Waals surface area contributed by atoms with Crippen LogP contribution >= 0.6 is 0 Å². The van der Waals surface area contributed by atoms with E-state index in [2.05, 4.69) is 6.07 Å². The van der Waals surface area contributed by atoms with Gasteiger partial charge in [-0.15, -0.1) is 0 Å². The van der Waals surface area contributed by atoms with Gasteiger partial charge < -0.3 is 4.90 Å². The fourth-order valence-electron chi connectivity index (χ4n) is 4.27. The van der Waals surface area contributed by atoms with Crippen LogP contribution in [0.3, 0.4) is 0 Å². The number of rotatable bonds is 4. The van der Waals surface area contributed by atoms with Crippen molar-refractivity contribution in [2.45, 2.75) is 31.7 Å². The van der Waals surface area contributed by atoms with Crippen molar-refractivity contribution in [3.8, 4) is 0 Å². The van der Waals surface area contributed by atoms with Crippen LogP contribution in [-0.4, -0.2) is 17.4 Å². The summed E-state index contributed by atoms with van der Waals surface area (Å²) in [5, 5.41) is 0. The lowest BCUT2D eigenvalue weighted by Crippen LogP contribution is -2.43. The zero-order chi connectivity index (χ0) is 19.5. The van der Waals surface area contributed by atoms with Crippen molar-refractivity contribution >= 4 is 5.91 Å². The van der Waals surface area contributed by atoms with Crippen molar-refractivity contribution in [2.75, 3.05) is 6.54 Å². The molecule has 2 atom stereocenters. The Balaban J connectivity index is 1.79. The molecule has 0 bridgehead atoms. The molecule has 3 aromatic rings. The maximum absolute atomic E-state index is 14.8. The average molecular weight is 373 g/mol. The molecule has 2 nitrogen and oxygen atoms in total. The number of halogens is 1. The van der Waals surface area contributed by atoms with Crippen LogP contribution in [0, 0.1) is 5.82 Å². The number of amides is 1. The zero-order valence-electron chi connectivity index (χ0n) is 16.0. The molecule has 0 N–H and O–H groups in total. The fourth-order valence-corrected chi connectivity index (χ4v) is 4.27. The first kappa shape index (κ1) is 18.4. The molecule has 28 heavy (non-hydrogen) atoms. The zero-order valence-corrected chi connectivity index (χ0v) is 16.0.